The van der Waals surface area contributed by atoms with Crippen molar-refractivity contribution in [2.75, 3.05) is 13.8 Å². The Morgan fingerprint density at radius 3 is 3.09 bits per heavy atom. The SMILES string of the molecule is CN(Cc1n[nH]c2c1CCC2)C(=O)c1ccc2c(c1)OCO2. The zero-order valence-electron chi connectivity index (χ0n) is 12.4. The van der Waals surface area contributed by atoms with Gasteiger partial charge in [0, 0.05) is 18.3 Å². The molecule has 2 aromatic rings. The molecule has 114 valence electrons. The number of nitrogens with zero attached hydrogens (tertiary/aromatic N) is 2. The average Bonchev–Trinajstić information content (AvgIpc) is 3.23. The van der Waals surface area contributed by atoms with E-state index in [9.17, 15) is 4.79 Å². The van der Waals surface area contributed by atoms with E-state index in [1.165, 1.54) is 11.3 Å². The number of hydrogen-bond donors (Lipinski definition) is 1. The molecular weight excluding hydrogens is 282 g/mol. The van der Waals surface area contributed by atoms with Gasteiger partial charge < -0.3 is 14.4 Å². The summed E-state index contributed by atoms with van der Waals surface area (Å²) in [5, 5.41) is 7.43. The molecule has 22 heavy (non-hydrogen) atoms. The number of rotatable bonds is 3. The Hall–Kier alpha value is -2.50. The fraction of sp³-hybridized carbons (Fsp3) is 0.375. The van der Waals surface area contributed by atoms with E-state index < -0.39 is 0 Å². The Kier molecular flexibility index (Phi) is 3.03. The molecule has 1 N–H and O–H groups in total. The van der Waals surface area contributed by atoms with Gasteiger partial charge in [-0.05, 0) is 43.0 Å². The topological polar surface area (TPSA) is 67.5 Å². The molecule has 0 radical (unpaired) electrons. The molecule has 2 aliphatic rings. The summed E-state index contributed by atoms with van der Waals surface area (Å²) in [7, 11) is 1.79. The molecular formula is C16H17N3O3. The summed E-state index contributed by atoms with van der Waals surface area (Å²) in [6.45, 7) is 0.724. The Labute approximate surface area is 128 Å². The largest absolute Gasteiger partial charge is 0.454 e. The van der Waals surface area contributed by atoms with E-state index in [0.717, 1.165) is 25.0 Å². The van der Waals surface area contributed by atoms with Crippen molar-refractivity contribution in [1.29, 1.82) is 0 Å². The van der Waals surface area contributed by atoms with Gasteiger partial charge in [-0.15, -0.1) is 0 Å². The van der Waals surface area contributed by atoms with Gasteiger partial charge in [0.25, 0.3) is 5.91 Å². The van der Waals surface area contributed by atoms with Gasteiger partial charge in [0.1, 0.15) is 0 Å². The van der Waals surface area contributed by atoms with Gasteiger partial charge in [-0.25, -0.2) is 0 Å². The number of ether oxygens (including phenoxy) is 2. The van der Waals surface area contributed by atoms with E-state index in [2.05, 4.69) is 10.2 Å². The van der Waals surface area contributed by atoms with Gasteiger partial charge in [-0.3, -0.25) is 9.89 Å². The Morgan fingerprint density at radius 2 is 2.18 bits per heavy atom. The number of nitrogens with one attached hydrogen (secondary N) is 1. The molecule has 6 heteroatoms. The zero-order valence-corrected chi connectivity index (χ0v) is 12.4. The van der Waals surface area contributed by atoms with E-state index in [-0.39, 0.29) is 12.7 Å². The highest BCUT2D eigenvalue weighted by Gasteiger charge is 2.22. The van der Waals surface area contributed by atoms with Gasteiger partial charge in [0.15, 0.2) is 11.5 Å². The number of aryl methyl sites for hydroxylation is 1. The second-order valence-corrected chi connectivity index (χ2v) is 5.71. The zero-order chi connectivity index (χ0) is 15.1. The maximum absolute atomic E-state index is 12.6. The van der Waals surface area contributed by atoms with Crippen LogP contribution >= 0.6 is 0 Å². The molecule has 6 nitrogen and oxygen atoms in total. The molecule has 2 heterocycles. The lowest BCUT2D eigenvalue weighted by Gasteiger charge is -2.16. The van der Waals surface area contributed by atoms with Crippen molar-refractivity contribution in [3.8, 4) is 11.5 Å². The average molecular weight is 299 g/mol. The molecule has 1 aromatic carbocycles. The van der Waals surface area contributed by atoms with Gasteiger partial charge in [-0.2, -0.15) is 5.10 Å². The summed E-state index contributed by atoms with van der Waals surface area (Å²) in [5.74, 6) is 1.26. The summed E-state index contributed by atoms with van der Waals surface area (Å²) >= 11 is 0. The maximum Gasteiger partial charge on any atom is 0.254 e. The van der Waals surface area contributed by atoms with Gasteiger partial charge >= 0.3 is 0 Å². The molecule has 0 spiro atoms. The van der Waals surface area contributed by atoms with E-state index in [1.807, 2.05) is 0 Å². The fourth-order valence-corrected chi connectivity index (χ4v) is 3.07. The van der Waals surface area contributed by atoms with E-state index >= 15 is 0 Å². The van der Waals surface area contributed by atoms with Crippen LogP contribution in [0, 0.1) is 0 Å². The number of carbonyl (C=O) groups excluding carboxylic acids is 1. The van der Waals surface area contributed by atoms with Gasteiger partial charge in [0.2, 0.25) is 6.79 Å². The van der Waals surface area contributed by atoms with Crippen molar-refractivity contribution in [2.45, 2.75) is 25.8 Å². The molecule has 0 saturated heterocycles. The molecule has 0 saturated carbocycles. The molecule has 1 amide bonds. The van der Waals surface area contributed by atoms with E-state index in [0.29, 0.717) is 23.6 Å². The van der Waals surface area contributed by atoms with Crippen LogP contribution in [0.3, 0.4) is 0 Å². The monoisotopic (exact) mass is 299 g/mol. The summed E-state index contributed by atoms with van der Waals surface area (Å²) in [5.41, 5.74) is 4.08. The fourth-order valence-electron chi connectivity index (χ4n) is 3.07. The van der Waals surface area contributed by atoms with Crippen LogP contribution in [0.2, 0.25) is 0 Å². The van der Waals surface area contributed by atoms with Crippen LogP contribution in [0.1, 0.15) is 33.7 Å². The lowest BCUT2D eigenvalue weighted by Crippen LogP contribution is -2.26. The Balaban J connectivity index is 1.52. The third-order valence-electron chi connectivity index (χ3n) is 4.25. The second-order valence-electron chi connectivity index (χ2n) is 5.71. The molecule has 1 aliphatic carbocycles. The molecule has 0 fully saturated rings. The van der Waals surface area contributed by atoms with Crippen molar-refractivity contribution in [3.63, 3.8) is 0 Å². The Bertz CT molecular complexity index is 738. The Morgan fingerprint density at radius 1 is 1.32 bits per heavy atom. The van der Waals surface area contributed by atoms with Gasteiger partial charge in [0.05, 0.1) is 12.2 Å². The number of H-pyrrole nitrogens is 1. The number of aromatic amines is 1. The predicted molar refractivity (Wildman–Crippen MR) is 79.0 cm³/mol. The maximum atomic E-state index is 12.6. The number of benzene rings is 1. The summed E-state index contributed by atoms with van der Waals surface area (Å²) in [6.07, 6.45) is 3.27. The smallest absolute Gasteiger partial charge is 0.254 e. The highest BCUT2D eigenvalue weighted by atomic mass is 16.7. The highest BCUT2D eigenvalue weighted by Crippen LogP contribution is 2.33. The number of fused-ring (bicyclic) bond motifs is 2. The van der Waals surface area contributed by atoms with Crippen LogP contribution in [-0.4, -0.2) is 34.8 Å². The first-order valence-corrected chi connectivity index (χ1v) is 7.42. The molecule has 0 unspecified atom stereocenters. The predicted octanol–water partition coefficient (Wildman–Crippen LogP) is 1.90. The minimum atomic E-state index is -0.0481. The molecule has 1 aromatic heterocycles. The molecule has 0 atom stereocenters. The standard InChI is InChI=1S/C16H17N3O3/c1-19(8-13-11-3-2-4-12(11)17-18-13)16(20)10-5-6-14-15(7-10)22-9-21-14/h5-7H,2-4,8-9H2,1H3,(H,17,18). The van der Waals surface area contributed by atoms with Crippen LogP contribution in [0.5, 0.6) is 11.5 Å². The number of carbonyl (C=O) groups is 1. The first-order valence-electron chi connectivity index (χ1n) is 7.42. The third kappa shape index (κ3) is 2.11. The van der Waals surface area contributed by atoms with Crippen molar-refractivity contribution in [3.05, 3.63) is 40.7 Å². The molecule has 0 bridgehead atoms. The van der Waals surface area contributed by atoms with Crippen LogP contribution in [0.25, 0.3) is 0 Å². The lowest BCUT2D eigenvalue weighted by atomic mass is 10.1. The van der Waals surface area contributed by atoms with Crippen LogP contribution in [0.15, 0.2) is 18.2 Å². The number of hydrogen-bond acceptors (Lipinski definition) is 4. The minimum Gasteiger partial charge on any atom is -0.454 e. The van der Waals surface area contributed by atoms with Crippen LogP contribution in [0.4, 0.5) is 0 Å². The van der Waals surface area contributed by atoms with Crippen LogP contribution in [-0.2, 0) is 19.4 Å². The molecule has 4 rings (SSSR count). The van der Waals surface area contributed by atoms with Crippen molar-refractivity contribution in [1.82, 2.24) is 15.1 Å². The minimum absolute atomic E-state index is 0.0481. The molecule has 1 aliphatic heterocycles. The first-order chi connectivity index (χ1) is 10.7. The third-order valence-corrected chi connectivity index (χ3v) is 4.25. The van der Waals surface area contributed by atoms with Crippen molar-refractivity contribution < 1.29 is 14.3 Å². The number of amides is 1. The lowest BCUT2D eigenvalue weighted by molar-refractivity contribution is 0.0782. The second kappa shape index (κ2) is 5.05. The first kappa shape index (κ1) is 13.2. The summed E-state index contributed by atoms with van der Waals surface area (Å²) < 4.78 is 10.6. The quantitative estimate of drug-likeness (QED) is 0.940. The van der Waals surface area contributed by atoms with Crippen molar-refractivity contribution in [2.24, 2.45) is 0 Å². The summed E-state index contributed by atoms with van der Waals surface area (Å²) in [4.78, 5) is 14.2. The summed E-state index contributed by atoms with van der Waals surface area (Å²) in [6, 6.07) is 5.27. The number of aromatic nitrogens is 2. The van der Waals surface area contributed by atoms with Crippen LogP contribution < -0.4 is 9.47 Å². The van der Waals surface area contributed by atoms with Crippen molar-refractivity contribution >= 4 is 5.91 Å². The van der Waals surface area contributed by atoms with E-state index in [4.69, 9.17) is 9.47 Å². The normalized spacial score (nSPS) is 15.0. The van der Waals surface area contributed by atoms with Gasteiger partial charge in [-0.1, -0.05) is 0 Å². The van der Waals surface area contributed by atoms with E-state index in [1.54, 1.807) is 30.1 Å². The highest BCUT2D eigenvalue weighted by molar-refractivity contribution is 5.94.